The van der Waals surface area contributed by atoms with E-state index in [1.165, 1.54) is 6.07 Å². The highest BCUT2D eigenvalue weighted by Crippen LogP contribution is 2.61. The van der Waals surface area contributed by atoms with Gasteiger partial charge in [0.2, 0.25) is 0 Å². The van der Waals surface area contributed by atoms with Gasteiger partial charge in [-0.2, -0.15) is 10.5 Å². The molecule has 0 N–H and O–H groups in total. The number of hydrogen-bond donors (Lipinski definition) is 0. The first kappa shape index (κ1) is 21.4. The van der Waals surface area contributed by atoms with Gasteiger partial charge in [0.25, 0.3) is 0 Å². The summed E-state index contributed by atoms with van der Waals surface area (Å²) in [5, 5.41) is 23.7. The minimum Gasteiger partial charge on any atom is -0.354 e. The second-order valence-corrected chi connectivity index (χ2v) is 9.40. The zero-order chi connectivity index (χ0) is 24.2. The van der Waals surface area contributed by atoms with Crippen LogP contribution in [0.25, 0.3) is 16.8 Å². The van der Waals surface area contributed by atoms with Crippen molar-refractivity contribution in [1.82, 2.24) is 0 Å². The first-order valence-electron chi connectivity index (χ1n) is 11.4. The van der Waals surface area contributed by atoms with Gasteiger partial charge in [0, 0.05) is 27.8 Å². The van der Waals surface area contributed by atoms with E-state index in [-0.39, 0.29) is 5.82 Å². The number of anilines is 1. The Morgan fingerprint density at radius 2 is 1.51 bits per heavy atom. The third-order valence-corrected chi connectivity index (χ3v) is 7.72. The molecule has 0 amide bonds. The standard InChI is InChI=1S/C30H19ClFN3/c31-24-11-5-3-9-22(24)28-29(23-10-4-6-12-25(23)32)35-26-15-13-19-7-1-2-8-20(19)21(26)14-16-27(35)30(28,17-33)18-34/h1-16,27-29H. The van der Waals surface area contributed by atoms with Gasteiger partial charge in [-0.05, 0) is 34.5 Å². The quantitative estimate of drug-likeness (QED) is 0.303. The molecule has 35 heavy (non-hydrogen) atoms. The molecule has 1 fully saturated rings. The first-order chi connectivity index (χ1) is 17.1. The van der Waals surface area contributed by atoms with Crippen LogP contribution in [0.15, 0.2) is 91.0 Å². The predicted molar refractivity (Wildman–Crippen MR) is 136 cm³/mol. The summed E-state index contributed by atoms with van der Waals surface area (Å²) in [4.78, 5) is 2.06. The molecule has 4 aromatic carbocycles. The highest BCUT2D eigenvalue weighted by atomic mass is 35.5. The number of hydrogen-bond acceptors (Lipinski definition) is 3. The molecular weight excluding hydrogens is 457 g/mol. The van der Waals surface area contributed by atoms with Crippen molar-refractivity contribution >= 4 is 34.1 Å². The van der Waals surface area contributed by atoms with Crippen LogP contribution in [-0.4, -0.2) is 6.04 Å². The van der Waals surface area contributed by atoms with E-state index in [9.17, 15) is 10.5 Å². The van der Waals surface area contributed by atoms with Crippen molar-refractivity contribution in [3.63, 3.8) is 0 Å². The van der Waals surface area contributed by atoms with Crippen LogP contribution < -0.4 is 4.90 Å². The highest BCUT2D eigenvalue weighted by molar-refractivity contribution is 6.31. The van der Waals surface area contributed by atoms with Gasteiger partial charge in [0.05, 0.1) is 24.2 Å². The second-order valence-electron chi connectivity index (χ2n) is 8.99. The van der Waals surface area contributed by atoms with E-state index in [1.807, 2.05) is 54.6 Å². The molecule has 2 aliphatic heterocycles. The molecule has 168 valence electrons. The number of halogens is 2. The van der Waals surface area contributed by atoms with Crippen LogP contribution in [0, 0.1) is 33.9 Å². The smallest absolute Gasteiger partial charge is 0.176 e. The van der Waals surface area contributed by atoms with Crippen molar-refractivity contribution in [2.45, 2.75) is 18.0 Å². The molecule has 3 nitrogen and oxygen atoms in total. The average Bonchev–Trinajstić information content (AvgIpc) is 3.19. The lowest BCUT2D eigenvalue weighted by atomic mass is 9.69. The van der Waals surface area contributed by atoms with Crippen LogP contribution in [0.2, 0.25) is 5.02 Å². The minimum atomic E-state index is -1.49. The fourth-order valence-electron chi connectivity index (χ4n) is 5.89. The largest absolute Gasteiger partial charge is 0.354 e. The van der Waals surface area contributed by atoms with Crippen LogP contribution >= 0.6 is 11.6 Å². The zero-order valence-corrected chi connectivity index (χ0v) is 19.3. The van der Waals surface area contributed by atoms with Gasteiger partial charge in [-0.15, -0.1) is 0 Å². The molecule has 0 bridgehead atoms. The van der Waals surface area contributed by atoms with E-state index < -0.39 is 23.4 Å². The maximum atomic E-state index is 15.4. The van der Waals surface area contributed by atoms with Gasteiger partial charge in [0.1, 0.15) is 5.82 Å². The summed E-state index contributed by atoms with van der Waals surface area (Å²) in [5.74, 6) is -1.06. The molecule has 2 aliphatic rings. The Morgan fingerprint density at radius 3 is 2.26 bits per heavy atom. The van der Waals surface area contributed by atoms with Gasteiger partial charge in [-0.3, -0.25) is 0 Å². The fraction of sp³-hybridized carbons (Fsp3) is 0.133. The first-order valence-corrected chi connectivity index (χ1v) is 11.8. The third kappa shape index (κ3) is 2.94. The van der Waals surface area contributed by atoms with Gasteiger partial charge in [0.15, 0.2) is 5.41 Å². The number of nitriles is 2. The Morgan fingerprint density at radius 1 is 0.829 bits per heavy atom. The lowest BCUT2D eigenvalue weighted by Crippen LogP contribution is -2.39. The fourth-order valence-corrected chi connectivity index (χ4v) is 6.14. The van der Waals surface area contributed by atoms with Crippen molar-refractivity contribution < 1.29 is 4.39 Å². The number of rotatable bonds is 2. The van der Waals surface area contributed by atoms with Crippen molar-refractivity contribution in [2.24, 2.45) is 5.41 Å². The number of nitrogens with zero attached hydrogens (tertiary/aromatic N) is 3. The van der Waals surface area contributed by atoms with Crippen molar-refractivity contribution in [2.75, 3.05) is 4.90 Å². The topological polar surface area (TPSA) is 50.8 Å². The normalized spacial score (nSPS) is 21.7. The molecule has 3 atom stereocenters. The SMILES string of the molecule is N#CC1(C#N)C(c2ccccc2Cl)C(c2ccccc2F)N2c3ccc4ccccc4c3C=CC21. The van der Waals surface area contributed by atoms with Crippen molar-refractivity contribution in [1.29, 1.82) is 10.5 Å². The Bertz CT molecular complexity index is 1580. The van der Waals surface area contributed by atoms with E-state index >= 15 is 4.39 Å². The number of benzene rings is 4. The van der Waals surface area contributed by atoms with Crippen molar-refractivity contribution in [3.05, 3.63) is 119 Å². The van der Waals surface area contributed by atoms with Crippen LogP contribution in [0.5, 0.6) is 0 Å². The average molecular weight is 476 g/mol. The molecule has 0 saturated carbocycles. The summed E-state index contributed by atoms with van der Waals surface area (Å²) in [6.07, 6.45) is 3.92. The summed E-state index contributed by atoms with van der Waals surface area (Å²) >= 11 is 6.66. The summed E-state index contributed by atoms with van der Waals surface area (Å²) in [7, 11) is 0. The monoisotopic (exact) mass is 475 g/mol. The molecule has 1 saturated heterocycles. The van der Waals surface area contributed by atoms with Crippen LogP contribution in [0.1, 0.15) is 28.7 Å². The molecule has 6 rings (SSSR count). The molecule has 4 aromatic rings. The maximum absolute atomic E-state index is 15.4. The van der Waals surface area contributed by atoms with E-state index in [2.05, 4.69) is 29.2 Å². The Hall–Kier alpha value is -4.12. The molecule has 0 aliphatic carbocycles. The summed E-state index contributed by atoms with van der Waals surface area (Å²) in [5.41, 5.74) is 1.47. The van der Waals surface area contributed by atoms with E-state index in [0.717, 1.165) is 22.0 Å². The minimum absolute atomic E-state index is 0.378. The third-order valence-electron chi connectivity index (χ3n) is 7.38. The molecule has 2 heterocycles. The lowest BCUT2D eigenvalue weighted by molar-refractivity contribution is 0.438. The lowest BCUT2D eigenvalue weighted by Gasteiger charge is -2.37. The highest BCUT2D eigenvalue weighted by Gasteiger charge is 2.62. The van der Waals surface area contributed by atoms with E-state index in [0.29, 0.717) is 16.1 Å². The van der Waals surface area contributed by atoms with Crippen LogP contribution in [0.4, 0.5) is 10.1 Å². The zero-order valence-electron chi connectivity index (χ0n) is 18.6. The maximum Gasteiger partial charge on any atom is 0.176 e. The summed E-state index contributed by atoms with van der Waals surface area (Å²) in [6.45, 7) is 0. The van der Waals surface area contributed by atoms with Gasteiger partial charge in [-0.25, -0.2) is 4.39 Å². The molecule has 0 aromatic heterocycles. The number of fused-ring (bicyclic) bond motifs is 5. The summed E-state index contributed by atoms with van der Waals surface area (Å²) in [6, 6.07) is 29.5. The van der Waals surface area contributed by atoms with Crippen LogP contribution in [-0.2, 0) is 0 Å². The van der Waals surface area contributed by atoms with Crippen LogP contribution in [0.3, 0.4) is 0 Å². The van der Waals surface area contributed by atoms with E-state index in [4.69, 9.17) is 11.6 Å². The molecule has 3 unspecified atom stereocenters. The van der Waals surface area contributed by atoms with E-state index in [1.54, 1.807) is 24.3 Å². The Balaban J connectivity index is 1.70. The van der Waals surface area contributed by atoms with Crippen molar-refractivity contribution in [3.8, 4) is 12.1 Å². The predicted octanol–water partition coefficient (Wildman–Crippen LogP) is 7.41. The van der Waals surface area contributed by atoms with Gasteiger partial charge in [-0.1, -0.05) is 90.5 Å². The molecule has 0 radical (unpaired) electrons. The molecular formula is C30H19ClFN3. The summed E-state index contributed by atoms with van der Waals surface area (Å²) < 4.78 is 15.4. The Kier molecular flexibility index (Phi) is 4.88. The van der Waals surface area contributed by atoms with Gasteiger partial charge < -0.3 is 4.90 Å². The molecule has 0 spiro atoms. The van der Waals surface area contributed by atoms with Gasteiger partial charge >= 0.3 is 0 Å². The Labute approximate surface area is 207 Å². The molecule has 5 heteroatoms. The second kappa shape index (κ2) is 7.98.